The van der Waals surface area contributed by atoms with E-state index in [2.05, 4.69) is 10.3 Å². The maximum absolute atomic E-state index is 11.9. The van der Waals surface area contributed by atoms with Crippen LogP contribution < -0.4 is 11.1 Å². The van der Waals surface area contributed by atoms with Crippen molar-refractivity contribution in [3.05, 3.63) is 60.4 Å². The van der Waals surface area contributed by atoms with E-state index in [-0.39, 0.29) is 11.7 Å². The molecule has 0 aliphatic rings. The minimum absolute atomic E-state index is 0.209. The lowest BCUT2D eigenvalue weighted by molar-refractivity contribution is -0.126. The van der Waals surface area contributed by atoms with E-state index >= 15 is 0 Å². The third-order valence-electron chi connectivity index (χ3n) is 2.74. The number of aromatic nitrogens is 1. The van der Waals surface area contributed by atoms with Crippen molar-refractivity contribution < 1.29 is 9.59 Å². The highest BCUT2D eigenvalue weighted by atomic mass is 32.2. The van der Waals surface area contributed by atoms with Gasteiger partial charge in [-0.25, -0.2) is 0 Å². The Morgan fingerprint density at radius 3 is 2.43 bits per heavy atom. The van der Waals surface area contributed by atoms with Gasteiger partial charge in [0.05, 0.1) is 5.75 Å². The van der Waals surface area contributed by atoms with E-state index in [0.29, 0.717) is 5.56 Å². The average molecular weight is 301 g/mol. The zero-order chi connectivity index (χ0) is 15.1. The second kappa shape index (κ2) is 7.44. The van der Waals surface area contributed by atoms with Crippen LogP contribution in [-0.2, 0) is 9.59 Å². The molecular formula is C15H15N3O2S. The number of carbonyl (C=O) groups is 2. The van der Waals surface area contributed by atoms with Crippen LogP contribution >= 0.6 is 11.8 Å². The van der Waals surface area contributed by atoms with Crippen LogP contribution in [0.15, 0.2) is 59.8 Å². The first kappa shape index (κ1) is 15.1. The summed E-state index contributed by atoms with van der Waals surface area (Å²) in [5.74, 6) is -0.617. The molecule has 1 atom stereocenters. The molecule has 108 valence electrons. The van der Waals surface area contributed by atoms with Crippen LogP contribution in [0.1, 0.15) is 11.6 Å². The van der Waals surface area contributed by atoms with Gasteiger partial charge in [-0.3, -0.25) is 14.6 Å². The first-order chi connectivity index (χ1) is 10.2. The molecule has 21 heavy (non-hydrogen) atoms. The Balaban J connectivity index is 1.95. The SMILES string of the molecule is NC(=O)C(NC(=O)CSc1ccncc1)c1ccccc1. The minimum Gasteiger partial charge on any atom is -0.368 e. The van der Waals surface area contributed by atoms with Crippen molar-refractivity contribution in [2.45, 2.75) is 10.9 Å². The van der Waals surface area contributed by atoms with Crippen molar-refractivity contribution in [1.29, 1.82) is 0 Å². The zero-order valence-electron chi connectivity index (χ0n) is 11.2. The van der Waals surface area contributed by atoms with E-state index in [0.717, 1.165) is 4.90 Å². The molecule has 3 N–H and O–H groups in total. The van der Waals surface area contributed by atoms with Gasteiger partial charge >= 0.3 is 0 Å². The second-order valence-corrected chi connectivity index (χ2v) is 5.33. The normalized spacial score (nSPS) is 11.6. The fourth-order valence-corrected chi connectivity index (χ4v) is 2.45. The van der Waals surface area contributed by atoms with Gasteiger partial charge in [0.25, 0.3) is 0 Å². The Bertz CT molecular complexity index is 605. The predicted molar refractivity (Wildman–Crippen MR) is 81.5 cm³/mol. The summed E-state index contributed by atoms with van der Waals surface area (Å²) in [6, 6.07) is 11.8. The molecule has 0 fully saturated rings. The first-order valence-corrected chi connectivity index (χ1v) is 7.32. The minimum atomic E-state index is -0.809. The molecule has 0 radical (unpaired) electrons. The highest BCUT2D eigenvalue weighted by molar-refractivity contribution is 8.00. The first-order valence-electron chi connectivity index (χ1n) is 6.33. The number of hydrogen-bond acceptors (Lipinski definition) is 4. The third-order valence-corrected chi connectivity index (χ3v) is 3.75. The quantitative estimate of drug-likeness (QED) is 0.792. The van der Waals surface area contributed by atoms with Crippen LogP contribution in [0.25, 0.3) is 0 Å². The Morgan fingerprint density at radius 2 is 1.81 bits per heavy atom. The Hall–Kier alpha value is -2.34. The van der Waals surface area contributed by atoms with Crippen molar-refractivity contribution >= 4 is 23.6 Å². The molecule has 1 aromatic carbocycles. The number of hydrogen-bond donors (Lipinski definition) is 2. The number of carbonyl (C=O) groups excluding carboxylic acids is 2. The van der Waals surface area contributed by atoms with Gasteiger partial charge in [-0.15, -0.1) is 11.8 Å². The number of thioether (sulfide) groups is 1. The molecule has 0 aliphatic carbocycles. The molecule has 1 aromatic heterocycles. The Kier molecular flexibility index (Phi) is 5.34. The van der Waals surface area contributed by atoms with E-state index in [4.69, 9.17) is 5.73 Å². The molecule has 2 amide bonds. The fraction of sp³-hybridized carbons (Fsp3) is 0.133. The van der Waals surface area contributed by atoms with E-state index < -0.39 is 11.9 Å². The molecular weight excluding hydrogens is 286 g/mol. The van der Waals surface area contributed by atoms with Gasteiger partial charge in [0, 0.05) is 17.3 Å². The van der Waals surface area contributed by atoms with E-state index in [1.807, 2.05) is 18.2 Å². The maximum Gasteiger partial charge on any atom is 0.244 e. The monoisotopic (exact) mass is 301 g/mol. The summed E-state index contributed by atoms with van der Waals surface area (Å²) < 4.78 is 0. The highest BCUT2D eigenvalue weighted by Gasteiger charge is 2.19. The molecule has 1 unspecified atom stereocenters. The van der Waals surface area contributed by atoms with Gasteiger partial charge in [0.1, 0.15) is 6.04 Å². The molecule has 0 saturated heterocycles. The van der Waals surface area contributed by atoms with Gasteiger partial charge < -0.3 is 11.1 Å². The lowest BCUT2D eigenvalue weighted by Crippen LogP contribution is -2.38. The highest BCUT2D eigenvalue weighted by Crippen LogP contribution is 2.17. The number of nitrogens with two attached hydrogens (primary N) is 1. The third kappa shape index (κ3) is 4.61. The van der Waals surface area contributed by atoms with Crippen molar-refractivity contribution in [2.24, 2.45) is 5.73 Å². The van der Waals surface area contributed by atoms with Gasteiger partial charge in [0.15, 0.2) is 0 Å². The maximum atomic E-state index is 11.9. The average Bonchev–Trinajstić information content (AvgIpc) is 2.52. The summed E-state index contributed by atoms with van der Waals surface area (Å²) >= 11 is 1.37. The summed E-state index contributed by atoms with van der Waals surface area (Å²) in [5, 5.41) is 2.65. The predicted octanol–water partition coefficient (Wildman–Crippen LogP) is 1.52. The smallest absolute Gasteiger partial charge is 0.244 e. The lowest BCUT2D eigenvalue weighted by atomic mass is 10.1. The van der Waals surface area contributed by atoms with Crippen LogP contribution in [-0.4, -0.2) is 22.6 Å². The molecule has 2 rings (SSSR count). The van der Waals surface area contributed by atoms with Gasteiger partial charge in [-0.2, -0.15) is 0 Å². The van der Waals surface area contributed by atoms with Crippen LogP contribution in [0, 0.1) is 0 Å². The summed E-state index contributed by atoms with van der Waals surface area (Å²) in [6.45, 7) is 0. The summed E-state index contributed by atoms with van der Waals surface area (Å²) in [7, 11) is 0. The van der Waals surface area contributed by atoms with Crippen LogP contribution in [0.4, 0.5) is 0 Å². The molecule has 0 bridgehead atoms. The summed E-state index contributed by atoms with van der Waals surface area (Å²) in [5.41, 5.74) is 6.03. The van der Waals surface area contributed by atoms with Crippen LogP contribution in [0.5, 0.6) is 0 Å². The van der Waals surface area contributed by atoms with Crippen molar-refractivity contribution in [3.8, 4) is 0 Å². The summed E-state index contributed by atoms with van der Waals surface area (Å²) in [4.78, 5) is 28.3. The van der Waals surface area contributed by atoms with Crippen molar-refractivity contribution in [2.75, 3.05) is 5.75 Å². The zero-order valence-corrected chi connectivity index (χ0v) is 12.0. The largest absolute Gasteiger partial charge is 0.368 e. The Labute approximate surface area is 127 Å². The number of rotatable bonds is 6. The van der Waals surface area contributed by atoms with Crippen LogP contribution in [0.3, 0.4) is 0 Å². The number of pyridine rings is 1. The van der Waals surface area contributed by atoms with Gasteiger partial charge in [-0.05, 0) is 17.7 Å². The number of amides is 2. The number of benzene rings is 1. The molecule has 2 aromatic rings. The molecule has 0 saturated carbocycles. The van der Waals surface area contributed by atoms with Crippen LogP contribution in [0.2, 0.25) is 0 Å². The molecule has 5 nitrogen and oxygen atoms in total. The number of nitrogens with zero attached hydrogens (tertiary/aromatic N) is 1. The molecule has 0 spiro atoms. The number of nitrogens with one attached hydrogen (secondary N) is 1. The Morgan fingerprint density at radius 1 is 1.14 bits per heavy atom. The number of primary amides is 1. The fourth-order valence-electron chi connectivity index (χ4n) is 1.75. The molecule has 6 heteroatoms. The van der Waals surface area contributed by atoms with Crippen molar-refractivity contribution in [3.63, 3.8) is 0 Å². The molecule has 1 heterocycles. The molecule has 0 aliphatic heterocycles. The van der Waals surface area contributed by atoms with Crippen molar-refractivity contribution in [1.82, 2.24) is 10.3 Å². The van der Waals surface area contributed by atoms with E-state index in [9.17, 15) is 9.59 Å². The van der Waals surface area contributed by atoms with E-state index in [1.54, 1.807) is 36.7 Å². The lowest BCUT2D eigenvalue weighted by Gasteiger charge is -2.15. The summed E-state index contributed by atoms with van der Waals surface area (Å²) in [6.07, 6.45) is 3.33. The topological polar surface area (TPSA) is 85.1 Å². The van der Waals surface area contributed by atoms with Gasteiger partial charge in [-0.1, -0.05) is 30.3 Å². The second-order valence-electron chi connectivity index (χ2n) is 4.29. The standard InChI is InChI=1S/C15H15N3O2S/c16-15(20)14(11-4-2-1-3-5-11)18-13(19)10-21-12-6-8-17-9-7-12/h1-9,14H,10H2,(H2,16,20)(H,18,19). The van der Waals surface area contributed by atoms with Gasteiger partial charge in [0.2, 0.25) is 11.8 Å². The van der Waals surface area contributed by atoms with E-state index in [1.165, 1.54) is 11.8 Å².